The zero-order chi connectivity index (χ0) is 7.23. The van der Waals surface area contributed by atoms with E-state index in [0.29, 0.717) is 6.10 Å². The molecule has 1 aliphatic heterocycles. The van der Waals surface area contributed by atoms with Crippen LogP contribution in [0.25, 0.3) is 0 Å². The second kappa shape index (κ2) is 4.69. The monoisotopic (exact) mass is 144 g/mol. The molecule has 0 radical (unpaired) electrons. The van der Waals surface area contributed by atoms with Crippen molar-refractivity contribution in [3.05, 3.63) is 0 Å². The number of ether oxygens (including phenoxy) is 2. The van der Waals surface area contributed by atoms with Crippen LogP contribution in [0, 0.1) is 0 Å². The molecule has 0 saturated carbocycles. The van der Waals surface area contributed by atoms with E-state index >= 15 is 0 Å². The Labute approximate surface area is 62.5 Å². The van der Waals surface area contributed by atoms with Crippen molar-refractivity contribution in [1.82, 2.24) is 0 Å². The standard InChI is InChI=1S/C8H16O2/c1-2-8-4-7-9-5-3-6-10-8/h8H,2-7H2,1H3. The van der Waals surface area contributed by atoms with Crippen LogP contribution in [0.15, 0.2) is 0 Å². The Balaban J connectivity index is 2.16. The van der Waals surface area contributed by atoms with Gasteiger partial charge in [-0.2, -0.15) is 0 Å². The summed E-state index contributed by atoms with van der Waals surface area (Å²) in [5, 5.41) is 0. The molecule has 1 unspecified atom stereocenters. The van der Waals surface area contributed by atoms with E-state index in [0.717, 1.165) is 39.1 Å². The van der Waals surface area contributed by atoms with Gasteiger partial charge in [-0.15, -0.1) is 0 Å². The summed E-state index contributed by atoms with van der Waals surface area (Å²) in [5.74, 6) is 0. The summed E-state index contributed by atoms with van der Waals surface area (Å²) in [5.41, 5.74) is 0. The quantitative estimate of drug-likeness (QED) is 0.556. The van der Waals surface area contributed by atoms with E-state index in [1.165, 1.54) is 0 Å². The summed E-state index contributed by atoms with van der Waals surface area (Å²) >= 11 is 0. The Kier molecular flexibility index (Phi) is 3.76. The van der Waals surface area contributed by atoms with E-state index in [1.54, 1.807) is 0 Å². The predicted molar refractivity (Wildman–Crippen MR) is 40.1 cm³/mol. The highest BCUT2D eigenvalue weighted by Gasteiger charge is 2.08. The Bertz CT molecular complexity index is 75.3. The molecule has 1 saturated heterocycles. The second-order valence-corrected chi connectivity index (χ2v) is 2.66. The minimum atomic E-state index is 0.445. The van der Waals surface area contributed by atoms with Crippen LogP contribution in [0.2, 0.25) is 0 Å². The first-order chi connectivity index (χ1) is 4.93. The lowest BCUT2D eigenvalue weighted by atomic mass is 10.2. The van der Waals surface area contributed by atoms with Gasteiger partial charge in [-0.1, -0.05) is 6.92 Å². The highest BCUT2D eigenvalue weighted by Crippen LogP contribution is 2.07. The Morgan fingerprint density at radius 3 is 3.00 bits per heavy atom. The van der Waals surface area contributed by atoms with Crippen molar-refractivity contribution < 1.29 is 9.47 Å². The highest BCUT2D eigenvalue weighted by molar-refractivity contribution is 4.56. The highest BCUT2D eigenvalue weighted by atomic mass is 16.5. The summed E-state index contributed by atoms with van der Waals surface area (Å²) in [6.45, 7) is 4.78. The summed E-state index contributed by atoms with van der Waals surface area (Å²) in [6.07, 6.45) is 3.68. The zero-order valence-electron chi connectivity index (χ0n) is 6.64. The van der Waals surface area contributed by atoms with Crippen LogP contribution in [0.3, 0.4) is 0 Å². The smallest absolute Gasteiger partial charge is 0.0594 e. The topological polar surface area (TPSA) is 18.5 Å². The Morgan fingerprint density at radius 1 is 1.30 bits per heavy atom. The molecule has 2 nitrogen and oxygen atoms in total. The van der Waals surface area contributed by atoms with Gasteiger partial charge in [0.25, 0.3) is 0 Å². The fourth-order valence-electron chi connectivity index (χ4n) is 1.13. The maximum Gasteiger partial charge on any atom is 0.0594 e. The predicted octanol–water partition coefficient (Wildman–Crippen LogP) is 1.59. The van der Waals surface area contributed by atoms with Crippen molar-refractivity contribution in [2.45, 2.75) is 32.3 Å². The van der Waals surface area contributed by atoms with Crippen LogP contribution >= 0.6 is 0 Å². The van der Waals surface area contributed by atoms with Gasteiger partial charge < -0.3 is 9.47 Å². The van der Waals surface area contributed by atoms with Crippen LogP contribution in [-0.4, -0.2) is 25.9 Å². The lowest BCUT2D eigenvalue weighted by Gasteiger charge is -2.18. The second-order valence-electron chi connectivity index (χ2n) is 2.66. The molecular weight excluding hydrogens is 128 g/mol. The lowest BCUT2D eigenvalue weighted by molar-refractivity contribution is -0.0159. The Hall–Kier alpha value is -0.0800. The minimum absolute atomic E-state index is 0.445. The van der Waals surface area contributed by atoms with Crippen LogP contribution < -0.4 is 0 Å². The van der Waals surface area contributed by atoms with E-state index in [1.807, 2.05) is 0 Å². The first kappa shape index (κ1) is 8.02. The lowest BCUT2D eigenvalue weighted by Crippen LogP contribution is -2.19. The van der Waals surface area contributed by atoms with Gasteiger partial charge in [-0.3, -0.25) is 0 Å². The number of hydrogen-bond acceptors (Lipinski definition) is 2. The van der Waals surface area contributed by atoms with E-state index < -0.39 is 0 Å². The van der Waals surface area contributed by atoms with Crippen LogP contribution in [0.4, 0.5) is 0 Å². The molecule has 0 spiro atoms. The van der Waals surface area contributed by atoms with E-state index in [9.17, 15) is 0 Å². The van der Waals surface area contributed by atoms with Gasteiger partial charge in [0, 0.05) is 19.8 Å². The third-order valence-corrected chi connectivity index (χ3v) is 1.83. The van der Waals surface area contributed by atoms with Gasteiger partial charge in [-0.25, -0.2) is 0 Å². The molecule has 0 N–H and O–H groups in total. The third kappa shape index (κ3) is 2.67. The molecule has 1 rings (SSSR count). The summed E-state index contributed by atoms with van der Waals surface area (Å²) in [6, 6.07) is 0. The van der Waals surface area contributed by atoms with Crippen molar-refractivity contribution in [1.29, 1.82) is 0 Å². The molecule has 1 aliphatic rings. The van der Waals surface area contributed by atoms with Gasteiger partial charge >= 0.3 is 0 Å². The average molecular weight is 144 g/mol. The summed E-state index contributed by atoms with van der Waals surface area (Å²) < 4.78 is 10.9. The van der Waals surface area contributed by atoms with Crippen molar-refractivity contribution in [2.75, 3.05) is 19.8 Å². The maximum absolute atomic E-state index is 5.55. The molecule has 0 bridgehead atoms. The first-order valence-electron chi connectivity index (χ1n) is 4.13. The summed E-state index contributed by atoms with van der Waals surface area (Å²) in [7, 11) is 0. The molecular formula is C8H16O2. The molecule has 0 aromatic heterocycles. The first-order valence-corrected chi connectivity index (χ1v) is 4.13. The van der Waals surface area contributed by atoms with Crippen LogP contribution in [-0.2, 0) is 9.47 Å². The fourth-order valence-corrected chi connectivity index (χ4v) is 1.13. The van der Waals surface area contributed by atoms with Crippen molar-refractivity contribution in [2.24, 2.45) is 0 Å². The molecule has 2 heteroatoms. The molecule has 1 atom stereocenters. The van der Waals surface area contributed by atoms with Gasteiger partial charge in [-0.05, 0) is 19.3 Å². The molecule has 0 aromatic carbocycles. The molecule has 0 aliphatic carbocycles. The van der Waals surface area contributed by atoms with Gasteiger partial charge in [0.15, 0.2) is 0 Å². The average Bonchev–Trinajstić information content (AvgIpc) is 1.87. The Morgan fingerprint density at radius 2 is 2.20 bits per heavy atom. The zero-order valence-corrected chi connectivity index (χ0v) is 6.64. The maximum atomic E-state index is 5.55. The SMILES string of the molecule is CCC1CCOCCCO1. The molecule has 0 amide bonds. The van der Waals surface area contributed by atoms with E-state index in [2.05, 4.69) is 6.92 Å². The van der Waals surface area contributed by atoms with Gasteiger partial charge in [0.2, 0.25) is 0 Å². The van der Waals surface area contributed by atoms with Crippen molar-refractivity contribution in [3.8, 4) is 0 Å². The van der Waals surface area contributed by atoms with E-state index in [4.69, 9.17) is 9.47 Å². The minimum Gasteiger partial charge on any atom is -0.381 e. The number of hydrogen-bond donors (Lipinski definition) is 0. The molecule has 60 valence electrons. The van der Waals surface area contributed by atoms with Crippen molar-refractivity contribution in [3.63, 3.8) is 0 Å². The van der Waals surface area contributed by atoms with Gasteiger partial charge in [0.05, 0.1) is 6.10 Å². The third-order valence-electron chi connectivity index (χ3n) is 1.83. The molecule has 1 fully saturated rings. The van der Waals surface area contributed by atoms with Gasteiger partial charge in [0.1, 0.15) is 0 Å². The van der Waals surface area contributed by atoms with Crippen LogP contribution in [0.1, 0.15) is 26.2 Å². The molecule has 10 heavy (non-hydrogen) atoms. The fraction of sp³-hybridized carbons (Fsp3) is 1.00. The molecule has 1 heterocycles. The van der Waals surface area contributed by atoms with E-state index in [-0.39, 0.29) is 0 Å². The normalized spacial score (nSPS) is 29.1. The largest absolute Gasteiger partial charge is 0.381 e. The van der Waals surface area contributed by atoms with Crippen molar-refractivity contribution >= 4 is 0 Å². The number of rotatable bonds is 1. The summed E-state index contributed by atoms with van der Waals surface area (Å²) in [4.78, 5) is 0. The van der Waals surface area contributed by atoms with Crippen LogP contribution in [0.5, 0.6) is 0 Å². The molecule has 0 aromatic rings.